The van der Waals surface area contributed by atoms with Crippen LogP contribution in [0.25, 0.3) is 0 Å². The topological polar surface area (TPSA) is 12.4 Å². The van der Waals surface area contributed by atoms with Gasteiger partial charge in [0.2, 0.25) is 0 Å². The molecule has 0 unspecified atom stereocenters. The van der Waals surface area contributed by atoms with Crippen LogP contribution in [-0.4, -0.2) is 15.2 Å². The van der Waals surface area contributed by atoms with Gasteiger partial charge in [-0.25, -0.2) is 0 Å². The Bertz CT molecular complexity index is 51.6. The molecule has 0 saturated carbocycles. The molecular weight excluding hydrogens is 67.7 g/mol. The molecule has 0 aliphatic rings. The minimum absolute atomic E-state index is 0.896. The SMILES string of the molecule is [2H]B=NB=S. The second-order valence-electron chi connectivity index (χ2n) is 0.254. The van der Waals surface area contributed by atoms with Gasteiger partial charge in [0, 0.05) is 0 Å². The third-order valence-corrected chi connectivity index (χ3v) is 0.183. The second-order valence-corrected chi connectivity index (χ2v) is 0.465. The first kappa shape index (κ1) is 2.39. The van der Waals surface area contributed by atoms with Gasteiger partial charge in [-0.2, -0.15) is 0 Å². The first-order chi connectivity index (χ1) is 2.41. The van der Waals surface area contributed by atoms with E-state index in [0.717, 1.165) is 13.9 Å². The van der Waals surface area contributed by atoms with Gasteiger partial charge in [0.25, 0.3) is 0 Å². The average Bonchev–Trinajstić information content (AvgIpc) is 1.41. The van der Waals surface area contributed by atoms with Crippen molar-refractivity contribution in [3.05, 3.63) is 0 Å². The van der Waals surface area contributed by atoms with Gasteiger partial charge in [0.05, 0.1) is 0 Å². The van der Waals surface area contributed by atoms with E-state index in [1.807, 2.05) is 0 Å². The first-order valence-corrected chi connectivity index (χ1v) is 1.22. The van der Waals surface area contributed by atoms with Crippen LogP contribution in [0.15, 0.2) is 4.81 Å². The summed E-state index contributed by atoms with van der Waals surface area (Å²) in [5, 5.41) is 0. The van der Waals surface area contributed by atoms with Crippen molar-refractivity contribution >= 4 is 25.9 Å². The van der Waals surface area contributed by atoms with Crippen molar-refractivity contribution in [1.82, 2.24) is 0 Å². The summed E-state index contributed by atoms with van der Waals surface area (Å²) in [7, 11) is 0.896. The molecule has 0 aromatic carbocycles. The summed E-state index contributed by atoms with van der Waals surface area (Å²) in [6.07, 6.45) is 1.15. The van der Waals surface area contributed by atoms with Gasteiger partial charge in [-0.05, 0) is 0 Å². The van der Waals surface area contributed by atoms with Crippen LogP contribution >= 0.6 is 12.1 Å². The van der Waals surface area contributed by atoms with Crippen molar-refractivity contribution in [3.63, 3.8) is 0 Å². The fourth-order valence-corrected chi connectivity index (χ4v) is 0. The Morgan fingerprint density at radius 3 is 3.25 bits per heavy atom. The van der Waals surface area contributed by atoms with Gasteiger partial charge in [0.15, 0.2) is 0 Å². The van der Waals surface area contributed by atoms with E-state index in [-0.39, 0.29) is 0 Å². The van der Waals surface area contributed by atoms with Crippen LogP contribution in [0.5, 0.6) is 0 Å². The predicted octanol–water partition coefficient (Wildman–Crippen LogP) is -0.198. The molecule has 0 fully saturated rings. The van der Waals surface area contributed by atoms with E-state index < -0.39 is 0 Å². The summed E-state index contributed by atoms with van der Waals surface area (Å²) >= 11 is 4.21. The first-order valence-electron chi connectivity index (χ1n) is 1.33. The molecule has 0 aromatic rings. The molecule has 0 atom stereocenters. The van der Waals surface area contributed by atoms with Crippen molar-refractivity contribution in [1.29, 1.82) is 1.34 Å². The quantitative estimate of drug-likeness (QED) is 0.389. The van der Waals surface area contributed by atoms with E-state index in [1.54, 1.807) is 0 Å². The molecule has 4 heteroatoms. The van der Waals surface area contributed by atoms with Gasteiger partial charge in [-0.1, -0.05) is 0 Å². The van der Waals surface area contributed by atoms with Crippen LogP contribution in [0.4, 0.5) is 0 Å². The van der Waals surface area contributed by atoms with Crippen LogP contribution in [0.1, 0.15) is 0 Å². The van der Waals surface area contributed by atoms with Gasteiger partial charge >= 0.3 is 32.1 Å². The molecule has 0 aromatic heterocycles. The zero-order chi connectivity index (χ0) is 4.12. The molecule has 18 valence electrons. The normalized spacial score (nSPS) is 8.50. The molecule has 0 heterocycles. The summed E-state index contributed by atoms with van der Waals surface area (Å²) in [5.74, 6) is 0. The Kier molecular flexibility index (Phi) is 1.88. The molecule has 0 spiro atoms. The van der Waals surface area contributed by atoms with E-state index in [1.165, 1.54) is 0 Å². The Labute approximate surface area is 33.0 Å². The molecular formula is HB2NS. The maximum atomic E-state index is 6.21. The summed E-state index contributed by atoms with van der Waals surface area (Å²) in [4.78, 5) is 3.20. The van der Waals surface area contributed by atoms with Crippen LogP contribution in [0.3, 0.4) is 0 Å². The Balaban J connectivity index is 2.92. The van der Waals surface area contributed by atoms with Crippen LogP contribution < -0.4 is 0 Å². The van der Waals surface area contributed by atoms with Crippen molar-refractivity contribution in [2.75, 3.05) is 0 Å². The zero-order valence-electron chi connectivity index (χ0n) is 3.01. The summed E-state index contributed by atoms with van der Waals surface area (Å²) in [6.45, 7) is 0. The summed E-state index contributed by atoms with van der Waals surface area (Å²) < 4.78 is 6.21. The number of hydrogen-bond donors (Lipinski definition) is 0. The minimum atomic E-state index is 0.896. The third-order valence-electron chi connectivity index (χ3n) is 0.0609. The number of rotatable bonds is 1. The maximum absolute atomic E-state index is 6.21. The van der Waals surface area contributed by atoms with E-state index in [2.05, 4.69) is 16.9 Å². The van der Waals surface area contributed by atoms with E-state index in [4.69, 9.17) is 1.34 Å². The standard InChI is InChI=1S/B2HNS/c1-3-2-4/h1H/i1D. The van der Waals surface area contributed by atoms with E-state index in [0.29, 0.717) is 0 Å². The van der Waals surface area contributed by atoms with E-state index in [9.17, 15) is 0 Å². The molecule has 0 bridgehead atoms. The molecule has 0 aliphatic heterocycles. The fourth-order valence-electron chi connectivity index (χ4n) is 0. The molecule has 0 radical (unpaired) electrons. The zero-order valence-corrected chi connectivity index (χ0v) is 2.83. The number of hydrogen-bond acceptors (Lipinski definition) is 1. The Morgan fingerprint density at radius 1 is 2.50 bits per heavy atom. The molecule has 0 saturated heterocycles. The van der Waals surface area contributed by atoms with Gasteiger partial charge in [-0.15, -0.1) is 0 Å². The second kappa shape index (κ2) is 3.15. The monoisotopic (exact) mass is 70.0 g/mol. The van der Waals surface area contributed by atoms with Gasteiger partial charge in [0.1, 0.15) is 0 Å². The third kappa shape index (κ3) is 2.15. The molecule has 1 nitrogen and oxygen atoms in total. The fraction of sp³-hybridized carbons (Fsp3) is 0. The summed E-state index contributed by atoms with van der Waals surface area (Å²) in [6, 6.07) is 0. The van der Waals surface area contributed by atoms with Crippen molar-refractivity contribution in [2.45, 2.75) is 0 Å². The van der Waals surface area contributed by atoms with Crippen molar-refractivity contribution < 1.29 is 0 Å². The molecule has 0 amide bonds. The molecule has 0 aliphatic carbocycles. The Morgan fingerprint density at radius 2 is 3.25 bits per heavy atom. The molecule has 0 N–H and O–H groups in total. The Hall–Kier alpha value is 0.150. The van der Waals surface area contributed by atoms with Crippen LogP contribution in [0.2, 0.25) is 0 Å². The summed E-state index contributed by atoms with van der Waals surface area (Å²) in [5.41, 5.74) is 0. The molecule has 4 heavy (non-hydrogen) atoms. The van der Waals surface area contributed by atoms with Crippen molar-refractivity contribution in [3.8, 4) is 0 Å². The predicted molar refractivity (Wildman–Crippen MR) is 22.9 cm³/mol. The van der Waals surface area contributed by atoms with Gasteiger partial charge in [-0.3, -0.25) is 0 Å². The molecule has 0 rings (SSSR count). The van der Waals surface area contributed by atoms with E-state index >= 15 is 0 Å². The van der Waals surface area contributed by atoms with Crippen LogP contribution in [0, 0.1) is 0 Å². The van der Waals surface area contributed by atoms with Gasteiger partial charge < -0.3 is 0 Å². The van der Waals surface area contributed by atoms with Crippen molar-refractivity contribution in [2.24, 2.45) is 4.81 Å². The average molecular weight is 69.7 g/mol. The number of nitrogens with zero attached hydrogens (tertiary/aromatic N) is 1. The van der Waals surface area contributed by atoms with Crippen LogP contribution in [-0.2, 0) is 0 Å².